The van der Waals surface area contributed by atoms with Gasteiger partial charge in [0, 0.05) is 41.6 Å². The highest BCUT2D eigenvalue weighted by molar-refractivity contribution is 6.20. The number of anilines is 1. The van der Waals surface area contributed by atoms with Crippen molar-refractivity contribution in [3.05, 3.63) is 53.9 Å². The first-order valence-electron chi connectivity index (χ1n) is 11.4. The van der Waals surface area contributed by atoms with Crippen LogP contribution in [0.3, 0.4) is 0 Å². The molecule has 32 heavy (non-hydrogen) atoms. The van der Waals surface area contributed by atoms with Gasteiger partial charge in [-0.1, -0.05) is 39.0 Å². The summed E-state index contributed by atoms with van der Waals surface area (Å²) in [6.07, 6.45) is 6.32. The maximum Gasteiger partial charge on any atom is 0.227 e. The highest BCUT2D eigenvalue weighted by Gasteiger charge is 2.35. The van der Waals surface area contributed by atoms with Gasteiger partial charge in [0.1, 0.15) is 11.8 Å². The van der Waals surface area contributed by atoms with Crippen LogP contribution in [-0.4, -0.2) is 41.9 Å². The molecule has 4 rings (SSSR count). The lowest BCUT2D eigenvalue weighted by Gasteiger charge is -2.35. The van der Waals surface area contributed by atoms with E-state index in [1.54, 1.807) is 0 Å². The van der Waals surface area contributed by atoms with Crippen molar-refractivity contribution in [2.24, 2.45) is 27.2 Å². The Labute approximate surface area is 190 Å². The van der Waals surface area contributed by atoms with Crippen molar-refractivity contribution < 1.29 is 4.79 Å². The zero-order valence-electron chi connectivity index (χ0n) is 19.1. The fourth-order valence-electron chi connectivity index (χ4n) is 4.61. The van der Waals surface area contributed by atoms with Gasteiger partial charge < -0.3 is 5.32 Å². The standard InChI is InChI=1S/C26H31N5O/c1-26(2,3)14-22-23(28-16-19-13-21(15-27)29-24(19)22)17-31-11-9-18(10-12-31)25(32)30-20-7-5-4-6-8-20/h4-8,13,16,18,22H,9-12,14,17H2,1-3H3,(H,30,32). The van der Waals surface area contributed by atoms with Crippen LogP contribution in [0.1, 0.15) is 40.0 Å². The van der Waals surface area contributed by atoms with Crippen LogP contribution < -0.4 is 5.32 Å². The molecule has 0 radical (unpaired) electrons. The molecule has 0 spiro atoms. The Bertz CT molecular complexity index is 1030. The number of hydrogen-bond donors (Lipinski definition) is 1. The molecule has 1 aromatic carbocycles. The van der Waals surface area contributed by atoms with E-state index >= 15 is 0 Å². The second-order valence-electron chi connectivity index (χ2n) is 10.1. The van der Waals surface area contributed by atoms with E-state index in [9.17, 15) is 10.1 Å². The number of nitrogens with zero attached hydrogens (tertiary/aromatic N) is 4. The Kier molecular flexibility index (Phi) is 6.38. The summed E-state index contributed by atoms with van der Waals surface area (Å²) in [7, 11) is 0. The van der Waals surface area contributed by atoms with E-state index in [4.69, 9.17) is 4.99 Å². The van der Waals surface area contributed by atoms with Crippen molar-refractivity contribution in [3.63, 3.8) is 0 Å². The van der Waals surface area contributed by atoms with Crippen molar-refractivity contribution in [3.8, 4) is 6.07 Å². The number of hydrogen-bond acceptors (Lipinski definition) is 5. The van der Waals surface area contributed by atoms with Gasteiger partial charge in [0.15, 0.2) is 0 Å². The summed E-state index contributed by atoms with van der Waals surface area (Å²) in [5, 5.41) is 12.3. The van der Waals surface area contributed by atoms with E-state index in [0.29, 0.717) is 5.70 Å². The molecule has 1 atom stereocenters. The first-order chi connectivity index (χ1) is 15.3. The molecular weight excluding hydrogens is 398 g/mol. The molecule has 0 aliphatic carbocycles. The maximum atomic E-state index is 12.6. The molecule has 1 N–H and O–H groups in total. The Morgan fingerprint density at radius 2 is 1.94 bits per heavy atom. The number of nitriles is 1. The van der Waals surface area contributed by atoms with Crippen LogP contribution in [0, 0.1) is 28.6 Å². The fraction of sp³-hybridized carbons (Fsp3) is 0.462. The molecule has 0 saturated carbocycles. The van der Waals surface area contributed by atoms with Crippen molar-refractivity contribution in [1.82, 2.24) is 4.90 Å². The average Bonchev–Trinajstić information content (AvgIpc) is 3.20. The molecular formula is C26H31N5O. The number of likely N-dealkylation sites (tertiary alicyclic amines) is 1. The molecule has 1 fully saturated rings. The lowest BCUT2D eigenvalue weighted by molar-refractivity contribution is -0.121. The molecule has 1 amide bonds. The predicted octanol–water partition coefficient (Wildman–Crippen LogP) is 4.59. The summed E-state index contributed by atoms with van der Waals surface area (Å²) in [6.45, 7) is 9.21. The van der Waals surface area contributed by atoms with Crippen LogP contribution in [0.2, 0.25) is 0 Å². The first-order valence-corrected chi connectivity index (χ1v) is 11.4. The van der Waals surface area contributed by atoms with E-state index in [2.05, 4.69) is 42.0 Å². The van der Waals surface area contributed by atoms with Gasteiger partial charge in [0.25, 0.3) is 0 Å². The van der Waals surface area contributed by atoms with Gasteiger partial charge in [-0.25, -0.2) is 4.99 Å². The topological polar surface area (TPSA) is 80.9 Å². The number of carbonyl (C=O) groups is 1. The lowest BCUT2D eigenvalue weighted by Crippen LogP contribution is -2.44. The summed E-state index contributed by atoms with van der Waals surface area (Å²) in [6, 6.07) is 11.8. The van der Waals surface area contributed by atoms with E-state index in [-0.39, 0.29) is 23.2 Å². The minimum atomic E-state index is 0.0400. The fourth-order valence-corrected chi connectivity index (χ4v) is 4.61. The van der Waals surface area contributed by atoms with E-state index in [1.807, 2.05) is 42.6 Å². The molecule has 3 aliphatic rings. The summed E-state index contributed by atoms with van der Waals surface area (Å²) < 4.78 is 0. The number of nitrogens with one attached hydrogen (secondary N) is 1. The zero-order chi connectivity index (χ0) is 22.7. The minimum Gasteiger partial charge on any atom is -0.326 e. The number of amides is 1. The number of allylic oxidation sites excluding steroid dienone is 3. The van der Waals surface area contributed by atoms with Crippen molar-refractivity contribution >= 4 is 23.0 Å². The number of piperidine rings is 1. The minimum absolute atomic E-state index is 0.0400. The van der Waals surface area contributed by atoms with Crippen LogP contribution in [0.4, 0.5) is 5.69 Å². The summed E-state index contributed by atoms with van der Waals surface area (Å²) in [5.41, 5.74) is 4.50. The largest absolute Gasteiger partial charge is 0.326 e. The molecule has 0 bridgehead atoms. The lowest BCUT2D eigenvalue weighted by atomic mass is 9.77. The zero-order valence-corrected chi connectivity index (χ0v) is 19.1. The average molecular weight is 430 g/mol. The third-order valence-corrected chi connectivity index (χ3v) is 6.25. The number of fused-ring (bicyclic) bond motifs is 1. The van der Waals surface area contributed by atoms with Gasteiger partial charge in [0.05, 0.1) is 5.71 Å². The second kappa shape index (κ2) is 9.22. The van der Waals surface area contributed by atoms with Crippen molar-refractivity contribution in [2.75, 3.05) is 25.0 Å². The summed E-state index contributed by atoms with van der Waals surface area (Å²) in [4.78, 5) is 24.5. The van der Waals surface area contributed by atoms with Crippen LogP contribution in [0.15, 0.2) is 63.9 Å². The maximum absolute atomic E-state index is 12.6. The Hall–Kier alpha value is -3.04. The van der Waals surface area contributed by atoms with Crippen molar-refractivity contribution in [2.45, 2.75) is 40.0 Å². The van der Waals surface area contributed by atoms with Crippen LogP contribution in [-0.2, 0) is 4.79 Å². The number of aliphatic imine (C=N–C) groups is 2. The van der Waals surface area contributed by atoms with Crippen LogP contribution >= 0.6 is 0 Å². The molecule has 166 valence electrons. The Balaban J connectivity index is 1.38. The second-order valence-corrected chi connectivity index (χ2v) is 10.1. The molecule has 1 saturated heterocycles. The SMILES string of the molecule is CC(C)(C)CC1C(CN2CCC(C(=O)Nc3ccccc3)CC2)=NC=C2C=C(C#N)N=C21. The van der Waals surface area contributed by atoms with E-state index in [0.717, 1.165) is 61.6 Å². The Morgan fingerprint density at radius 3 is 2.59 bits per heavy atom. The third-order valence-electron chi connectivity index (χ3n) is 6.25. The third kappa shape index (κ3) is 5.23. The number of carbonyl (C=O) groups excluding carboxylic acids is 1. The molecule has 6 nitrogen and oxygen atoms in total. The van der Waals surface area contributed by atoms with Crippen LogP contribution in [0.5, 0.6) is 0 Å². The van der Waals surface area contributed by atoms with E-state index in [1.165, 1.54) is 0 Å². The number of benzene rings is 1. The molecule has 1 unspecified atom stereocenters. The van der Waals surface area contributed by atoms with Gasteiger partial charge in [-0.2, -0.15) is 5.26 Å². The number of para-hydroxylation sites is 1. The quantitative estimate of drug-likeness (QED) is 0.743. The normalized spacial score (nSPS) is 21.6. The summed E-state index contributed by atoms with van der Waals surface area (Å²) >= 11 is 0. The molecule has 3 heterocycles. The highest BCUT2D eigenvalue weighted by Crippen LogP contribution is 2.34. The van der Waals surface area contributed by atoms with Gasteiger partial charge in [-0.3, -0.25) is 14.7 Å². The number of rotatable bonds is 5. The molecule has 0 aromatic heterocycles. The molecule has 6 heteroatoms. The van der Waals surface area contributed by atoms with E-state index < -0.39 is 0 Å². The van der Waals surface area contributed by atoms with Gasteiger partial charge in [-0.15, -0.1) is 0 Å². The molecule has 1 aromatic rings. The van der Waals surface area contributed by atoms with Gasteiger partial charge in [-0.05, 0) is 56.0 Å². The molecule has 3 aliphatic heterocycles. The highest BCUT2D eigenvalue weighted by atomic mass is 16.1. The Morgan fingerprint density at radius 1 is 1.22 bits per heavy atom. The first kappa shape index (κ1) is 22.2. The van der Waals surface area contributed by atoms with Crippen LogP contribution in [0.25, 0.3) is 0 Å². The smallest absolute Gasteiger partial charge is 0.227 e. The summed E-state index contributed by atoms with van der Waals surface area (Å²) in [5.74, 6) is 0.272. The van der Waals surface area contributed by atoms with Gasteiger partial charge in [0.2, 0.25) is 5.91 Å². The monoisotopic (exact) mass is 429 g/mol. The van der Waals surface area contributed by atoms with Gasteiger partial charge >= 0.3 is 0 Å². The predicted molar refractivity (Wildman–Crippen MR) is 128 cm³/mol. The van der Waals surface area contributed by atoms with Crippen molar-refractivity contribution in [1.29, 1.82) is 5.26 Å².